The molecule has 144 valence electrons. The Morgan fingerprint density at radius 2 is 1.69 bits per heavy atom. The molecular formula is C23H19N3O2S. The molecule has 0 aliphatic heterocycles. The van der Waals surface area contributed by atoms with E-state index in [0.29, 0.717) is 11.3 Å². The van der Waals surface area contributed by atoms with Crippen molar-refractivity contribution in [3.8, 4) is 11.3 Å². The highest BCUT2D eigenvalue weighted by molar-refractivity contribution is 7.90. The van der Waals surface area contributed by atoms with E-state index in [1.807, 2.05) is 79.3 Å². The van der Waals surface area contributed by atoms with E-state index in [9.17, 15) is 8.42 Å². The van der Waals surface area contributed by atoms with Gasteiger partial charge in [0.15, 0.2) is 5.65 Å². The van der Waals surface area contributed by atoms with Crippen LogP contribution >= 0.6 is 0 Å². The number of nitrogens with zero attached hydrogens (tertiary/aromatic N) is 3. The summed E-state index contributed by atoms with van der Waals surface area (Å²) in [5.41, 5.74) is 3.94. The minimum Gasteiger partial charge on any atom is -0.350 e. The fourth-order valence-corrected chi connectivity index (χ4v) is 5.28. The van der Waals surface area contributed by atoms with Gasteiger partial charge in [0, 0.05) is 41.3 Å². The zero-order chi connectivity index (χ0) is 20.2. The van der Waals surface area contributed by atoms with Crippen LogP contribution in [0.4, 0.5) is 0 Å². The highest BCUT2D eigenvalue weighted by atomic mass is 32.2. The molecule has 29 heavy (non-hydrogen) atoms. The number of rotatable bonds is 3. The molecule has 5 rings (SSSR count). The van der Waals surface area contributed by atoms with Crippen LogP contribution in [-0.4, -0.2) is 21.9 Å². The van der Waals surface area contributed by atoms with Crippen molar-refractivity contribution in [3.63, 3.8) is 0 Å². The molecule has 0 aliphatic rings. The predicted molar refractivity (Wildman–Crippen MR) is 115 cm³/mol. The summed E-state index contributed by atoms with van der Waals surface area (Å²) in [5, 5.41) is 1.78. The van der Waals surface area contributed by atoms with Gasteiger partial charge in [0.25, 0.3) is 10.0 Å². The zero-order valence-electron chi connectivity index (χ0n) is 16.1. The lowest BCUT2D eigenvalue weighted by atomic mass is 10.1. The SMILES string of the molecule is Cc1ccc(S(=O)(=O)n2c(-c3cn(C)c4ccccc34)cc3cccnc32)cc1. The van der Waals surface area contributed by atoms with E-state index in [2.05, 4.69) is 4.98 Å². The fourth-order valence-electron chi connectivity index (χ4n) is 3.80. The van der Waals surface area contributed by atoms with Crippen molar-refractivity contribution >= 4 is 32.0 Å². The largest absolute Gasteiger partial charge is 0.350 e. The number of aryl methyl sites for hydroxylation is 2. The summed E-state index contributed by atoms with van der Waals surface area (Å²) >= 11 is 0. The second-order valence-corrected chi connectivity index (χ2v) is 8.99. The number of pyridine rings is 1. The van der Waals surface area contributed by atoms with Crippen LogP contribution in [0.15, 0.2) is 84.0 Å². The average Bonchev–Trinajstić information content (AvgIpc) is 3.27. The first-order chi connectivity index (χ1) is 14.0. The Hall–Kier alpha value is -3.38. The van der Waals surface area contributed by atoms with Crippen LogP contribution < -0.4 is 0 Å². The van der Waals surface area contributed by atoms with E-state index in [1.54, 1.807) is 18.3 Å². The van der Waals surface area contributed by atoms with Crippen LogP contribution in [0.3, 0.4) is 0 Å². The minimum atomic E-state index is -3.83. The molecule has 5 aromatic rings. The number of para-hydroxylation sites is 1. The van der Waals surface area contributed by atoms with Crippen LogP contribution in [0.5, 0.6) is 0 Å². The molecule has 0 N–H and O–H groups in total. The second kappa shape index (κ2) is 6.32. The van der Waals surface area contributed by atoms with Crippen molar-refractivity contribution in [1.29, 1.82) is 0 Å². The molecule has 0 aliphatic carbocycles. The van der Waals surface area contributed by atoms with E-state index in [1.165, 1.54) is 3.97 Å². The second-order valence-electron chi connectivity index (χ2n) is 7.20. The number of hydrogen-bond donors (Lipinski definition) is 0. The summed E-state index contributed by atoms with van der Waals surface area (Å²) in [4.78, 5) is 4.64. The molecule has 2 aromatic carbocycles. The standard InChI is InChI=1S/C23H19N3O2S/c1-16-9-11-18(12-10-16)29(27,28)26-22(14-17-6-5-13-24-23(17)26)20-15-25(2)21-8-4-3-7-19(20)21/h3-15H,1-2H3. The molecule has 0 saturated carbocycles. The number of aromatic nitrogens is 3. The molecular weight excluding hydrogens is 382 g/mol. The Kier molecular flexibility index (Phi) is 3.86. The molecule has 6 heteroatoms. The van der Waals surface area contributed by atoms with E-state index in [0.717, 1.165) is 27.4 Å². The lowest BCUT2D eigenvalue weighted by Crippen LogP contribution is -2.14. The van der Waals surface area contributed by atoms with Gasteiger partial charge in [-0.15, -0.1) is 0 Å². The topological polar surface area (TPSA) is 56.9 Å². The van der Waals surface area contributed by atoms with Gasteiger partial charge in [0.2, 0.25) is 0 Å². The first-order valence-corrected chi connectivity index (χ1v) is 10.7. The van der Waals surface area contributed by atoms with E-state index in [-0.39, 0.29) is 4.90 Å². The van der Waals surface area contributed by atoms with Crippen LogP contribution in [0.1, 0.15) is 5.56 Å². The van der Waals surface area contributed by atoms with Crippen LogP contribution in [0.25, 0.3) is 33.2 Å². The van der Waals surface area contributed by atoms with E-state index < -0.39 is 10.0 Å². The molecule has 0 fully saturated rings. The molecule has 0 saturated heterocycles. The third kappa shape index (κ3) is 2.68. The normalized spacial score (nSPS) is 12.1. The molecule has 0 atom stereocenters. The van der Waals surface area contributed by atoms with Gasteiger partial charge in [-0.25, -0.2) is 17.4 Å². The van der Waals surface area contributed by atoms with Gasteiger partial charge >= 0.3 is 0 Å². The number of hydrogen-bond acceptors (Lipinski definition) is 3. The van der Waals surface area contributed by atoms with Crippen molar-refractivity contribution in [2.75, 3.05) is 0 Å². The Morgan fingerprint density at radius 1 is 0.931 bits per heavy atom. The summed E-state index contributed by atoms with van der Waals surface area (Å²) in [6.07, 6.45) is 3.59. The molecule has 0 unspecified atom stereocenters. The van der Waals surface area contributed by atoms with Crippen LogP contribution in [0, 0.1) is 6.92 Å². The lowest BCUT2D eigenvalue weighted by Gasteiger charge is -2.11. The summed E-state index contributed by atoms with van der Waals surface area (Å²) in [5.74, 6) is 0. The van der Waals surface area contributed by atoms with Crippen LogP contribution in [-0.2, 0) is 17.1 Å². The first-order valence-electron chi connectivity index (χ1n) is 9.30. The molecule has 0 spiro atoms. The van der Waals surface area contributed by atoms with Crippen molar-refractivity contribution in [2.24, 2.45) is 7.05 Å². The zero-order valence-corrected chi connectivity index (χ0v) is 16.9. The Labute approximate surface area is 168 Å². The Morgan fingerprint density at radius 3 is 2.48 bits per heavy atom. The smallest absolute Gasteiger partial charge is 0.269 e. The monoisotopic (exact) mass is 401 g/mol. The molecule has 3 aromatic heterocycles. The van der Waals surface area contributed by atoms with Crippen molar-refractivity contribution in [2.45, 2.75) is 11.8 Å². The fraction of sp³-hybridized carbons (Fsp3) is 0.0870. The van der Waals surface area contributed by atoms with Crippen molar-refractivity contribution < 1.29 is 8.42 Å². The molecule has 5 nitrogen and oxygen atoms in total. The maximum atomic E-state index is 13.7. The van der Waals surface area contributed by atoms with Crippen molar-refractivity contribution in [3.05, 3.63) is 84.7 Å². The molecule has 0 amide bonds. The maximum absolute atomic E-state index is 13.7. The average molecular weight is 401 g/mol. The van der Waals surface area contributed by atoms with Gasteiger partial charge in [-0.3, -0.25) is 0 Å². The summed E-state index contributed by atoms with van der Waals surface area (Å²) in [7, 11) is -1.87. The molecule has 3 heterocycles. The van der Waals surface area contributed by atoms with E-state index >= 15 is 0 Å². The van der Waals surface area contributed by atoms with Crippen LogP contribution in [0.2, 0.25) is 0 Å². The summed E-state index contributed by atoms with van der Waals surface area (Å²) in [6.45, 7) is 1.94. The molecule has 0 bridgehead atoms. The van der Waals surface area contributed by atoms with Gasteiger partial charge in [-0.2, -0.15) is 0 Å². The van der Waals surface area contributed by atoms with Crippen molar-refractivity contribution in [1.82, 2.24) is 13.5 Å². The number of fused-ring (bicyclic) bond motifs is 2. The Bertz CT molecular complexity index is 1480. The van der Waals surface area contributed by atoms with Gasteiger partial charge in [-0.1, -0.05) is 35.9 Å². The third-order valence-corrected chi connectivity index (χ3v) is 6.97. The number of benzene rings is 2. The minimum absolute atomic E-state index is 0.243. The quantitative estimate of drug-likeness (QED) is 0.439. The van der Waals surface area contributed by atoms with Gasteiger partial charge in [0.1, 0.15) is 0 Å². The molecule has 0 radical (unpaired) electrons. The Balaban J connectivity index is 1.87. The van der Waals surface area contributed by atoms with Gasteiger partial charge in [0.05, 0.1) is 10.6 Å². The third-order valence-electron chi connectivity index (χ3n) is 5.25. The first kappa shape index (κ1) is 17.7. The van der Waals surface area contributed by atoms with Gasteiger partial charge < -0.3 is 4.57 Å². The summed E-state index contributed by atoms with van der Waals surface area (Å²) in [6, 6.07) is 20.5. The highest BCUT2D eigenvalue weighted by Gasteiger charge is 2.26. The maximum Gasteiger partial charge on any atom is 0.269 e. The highest BCUT2D eigenvalue weighted by Crippen LogP contribution is 2.36. The van der Waals surface area contributed by atoms with Gasteiger partial charge in [-0.05, 0) is 43.3 Å². The summed E-state index contributed by atoms with van der Waals surface area (Å²) < 4.78 is 30.7. The predicted octanol–water partition coefficient (Wildman–Crippen LogP) is 4.74. The van der Waals surface area contributed by atoms with E-state index in [4.69, 9.17) is 0 Å². The lowest BCUT2D eigenvalue weighted by molar-refractivity contribution is 0.589.